The third kappa shape index (κ3) is 2.76. The van der Waals surface area contributed by atoms with E-state index in [2.05, 4.69) is 5.10 Å². The number of fused-ring (bicyclic) bond motifs is 1. The minimum atomic E-state index is -0.849. The largest absolute Gasteiger partial charge is 0.342 e. The zero-order chi connectivity index (χ0) is 16.6. The average Bonchev–Trinajstić information content (AvgIpc) is 2.91. The maximum Gasteiger partial charge on any atom is 0.209 e. The lowest BCUT2D eigenvalue weighted by molar-refractivity contribution is 0.498. The zero-order valence-electron chi connectivity index (χ0n) is 13.0. The maximum atomic E-state index is 13.8. The lowest BCUT2D eigenvalue weighted by atomic mass is 10.1. The van der Waals surface area contributed by atoms with E-state index in [1.54, 1.807) is 24.0 Å². The Morgan fingerprint density at radius 1 is 1.22 bits per heavy atom. The molecule has 0 N–H and O–H groups in total. The van der Waals surface area contributed by atoms with Gasteiger partial charge in [0.15, 0.2) is 17.2 Å². The van der Waals surface area contributed by atoms with Gasteiger partial charge in [-0.3, -0.25) is 9.48 Å². The number of hydrogen-bond donors (Lipinski definition) is 0. The van der Waals surface area contributed by atoms with Gasteiger partial charge in [0.25, 0.3) is 0 Å². The van der Waals surface area contributed by atoms with Crippen molar-refractivity contribution < 1.29 is 8.78 Å². The van der Waals surface area contributed by atoms with Crippen LogP contribution < -0.4 is 5.43 Å². The molecular weight excluding hydrogens is 300 g/mol. The van der Waals surface area contributed by atoms with Gasteiger partial charge in [0.2, 0.25) is 5.43 Å². The molecule has 0 radical (unpaired) electrons. The van der Waals surface area contributed by atoms with E-state index in [0.717, 1.165) is 17.3 Å². The van der Waals surface area contributed by atoms with Crippen molar-refractivity contribution in [2.75, 3.05) is 0 Å². The predicted molar refractivity (Wildman–Crippen MR) is 84.4 cm³/mol. The second kappa shape index (κ2) is 5.95. The number of aromatic nitrogens is 3. The van der Waals surface area contributed by atoms with Gasteiger partial charge < -0.3 is 4.57 Å². The first-order chi connectivity index (χ1) is 11.0. The molecule has 0 aliphatic heterocycles. The van der Waals surface area contributed by atoms with Crippen LogP contribution in [0.25, 0.3) is 11.0 Å². The minimum absolute atomic E-state index is 0.153. The molecule has 0 amide bonds. The quantitative estimate of drug-likeness (QED) is 0.742. The third-order valence-electron chi connectivity index (χ3n) is 3.98. The van der Waals surface area contributed by atoms with Gasteiger partial charge in [0.1, 0.15) is 0 Å². The molecule has 0 aliphatic rings. The Kier molecular flexibility index (Phi) is 3.98. The highest BCUT2D eigenvalue weighted by atomic mass is 19.2. The molecule has 0 unspecified atom stereocenters. The molecule has 6 heteroatoms. The van der Waals surface area contributed by atoms with Crippen molar-refractivity contribution in [3.8, 4) is 0 Å². The molecule has 0 fully saturated rings. The average molecular weight is 317 g/mol. The van der Waals surface area contributed by atoms with Crippen molar-refractivity contribution in [3.63, 3.8) is 0 Å². The van der Waals surface area contributed by atoms with Crippen LogP contribution in [-0.4, -0.2) is 14.3 Å². The van der Waals surface area contributed by atoms with Crippen molar-refractivity contribution in [2.24, 2.45) is 7.05 Å². The Morgan fingerprint density at radius 2 is 2.00 bits per heavy atom. The summed E-state index contributed by atoms with van der Waals surface area (Å²) in [7, 11) is 1.77. The molecule has 3 rings (SSSR count). The summed E-state index contributed by atoms with van der Waals surface area (Å²) < 4.78 is 30.6. The van der Waals surface area contributed by atoms with Crippen LogP contribution in [0.1, 0.15) is 18.2 Å². The predicted octanol–water partition coefficient (Wildman–Crippen LogP) is 2.82. The zero-order valence-corrected chi connectivity index (χ0v) is 13.0. The van der Waals surface area contributed by atoms with E-state index in [-0.39, 0.29) is 5.43 Å². The molecule has 23 heavy (non-hydrogen) atoms. The number of aryl methyl sites for hydroxylation is 4. The molecule has 0 spiro atoms. The highest BCUT2D eigenvalue weighted by Gasteiger charge is 2.13. The summed E-state index contributed by atoms with van der Waals surface area (Å²) in [6.07, 6.45) is 2.58. The number of halogens is 2. The molecule has 0 aliphatic carbocycles. The van der Waals surface area contributed by atoms with Gasteiger partial charge in [-0.05, 0) is 31.4 Å². The van der Waals surface area contributed by atoms with Crippen LogP contribution in [0.15, 0.2) is 35.3 Å². The topological polar surface area (TPSA) is 39.8 Å². The van der Waals surface area contributed by atoms with Crippen LogP contribution in [-0.2, 0) is 26.4 Å². The lowest BCUT2D eigenvalue weighted by Crippen LogP contribution is -2.14. The summed E-state index contributed by atoms with van der Waals surface area (Å²) in [5.74, 6) is -1.67. The van der Waals surface area contributed by atoms with E-state index in [0.29, 0.717) is 30.5 Å². The fourth-order valence-electron chi connectivity index (χ4n) is 2.89. The highest BCUT2D eigenvalue weighted by Crippen LogP contribution is 2.16. The van der Waals surface area contributed by atoms with Crippen LogP contribution in [0, 0.1) is 11.6 Å². The minimum Gasteiger partial charge on any atom is -0.342 e. The van der Waals surface area contributed by atoms with E-state index < -0.39 is 11.6 Å². The second-order valence-corrected chi connectivity index (χ2v) is 5.49. The van der Waals surface area contributed by atoms with Crippen molar-refractivity contribution in [2.45, 2.75) is 26.3 Å². The number of benzene rings is 1. The van der Waals surface area contributed by atoms with Gasteiger partial charge in [-0.25, -0.2) is 8.78 Å². The molecule has 2 heterocycles. The smallest absolute Gasteiger partial charge is 0.209 e. The highest BCUT2D eigenvalue weighted by molar-refractivity contribution is 5.74. The van der Waals surface area contributed by atoms with Crippen LogP contribution in [0.2, 0.25) is 0 Å². The molecular formula is C17H17F2N3O. The first-order valence-electron chi connectivity index (χ1n) is 7.50. The first kappa shape index (κ1) is 15.4. The molecule has 0 saturated heterocycles. The molecule has 2 aromatic heterocycles. The van der Waals surface area contributed by atoms with Crippen molar-refractivity contribution >= 4 is 11.0 Å². The Morgan fingerprint density at radius 3 is 2.74 bits per heavy atom. The van der Waals surface area contributed by atoms with Crippen molar-refractivity contribution in [3.05, 3.63) is 63.6 Å². The SMILES string of the molecule is CCn1c(CCc2cccc(F)c2F)cc(=O)c2nn(C)cc21. The monoisotopic (exact) mass is 317 g/mol. The van der Waals surface area contributed by atoms with Crippen LogP contribution >= 0.6 is 0 Å². The van der Waals surface area contributed by atoms with Crippen LogP contribution in [0.3, 0.4) is 0 Å². The van der Waals surface area contributed by atoms with E-state index >= 15 is 0 Å². The summed E-state index contributed by atoms with van der Waals surface area (Å²) >= 11 is 0. The van der Waals surface area contributed by atoms with Crippen LogP contribution in [0.5, 0.6) is 0 Å². The number of rotatable bonds is 4. The fourth-order valence-corrected chi connectivity index (χ4v) is 2.89. The van der Waals surface area contributed by atoms with Gasteiger partial charge >= 0.3 is 0 Å². The second-order valence-electron chi connectivity index (χ2n) is 5.49. The van der Waals surface area contributed by atoms with E-state index in [1.165, 1.54) is 12.1 Å². The Hall–Kier alpha value is -2.50. The van der Waals surface area contributed by atoms with Gasteiger partial charge in [0.05, 0.1) is 5.52 Å². The third-order valence-corrected chi connectivity index (χ3v) is 3.98. The van der Waals surface area contributed by atoms with E-state index in [4.69, 9.17) is 0 Å². The Bertz CT molecular complexity index is 927. The molecule has 4 nitrogen and oxygen atoms in total. The number of hydrogen-bond acceptors (Lipinski definition) is 2. The van der Waals surface area contributed by atoms with E-state index in [1.807, 2.05) is 11.5 Å². The summed E-state index contributed by atoms with van der Waals surface area (Å²) in [6.45, 7) is 2.65. The van der Waals surface area contributed by atoms with Crippen molar-refractivity contribution in [1.82, 2.24) is 14.3 Å². The molecule has 3 aromatic rings. The van der Waals surface area contributed by atoms with Gasteiger partial charge in [-0.15, -0.1) is 0 Å². The Balaban J connectivity index is 2.00. The number of pyridine rings is 1. The molecule has 0 saturated carbocycles. The van der Waals surface area contributed by atoms with Gasteiger partial charge in [-0.1, -0.05) is 12.1 Å². The molecule has 1 aromatic carbocycles. The normalized spacial score (nSPS) is 11.3. The summed E-state index contributed by atoms with van der Waals surface area (Å²) in [5.41, 5.74) is 2.14. The standard InChI is InChI=1S/C17H17F2N3O/c1-3-22-12(8-7-11-5-4-6-13(18)16(11)19)9-15(23)17-14(22)10-21(2)20-17/h4-6,9-10H,3,7-8H2,1-2H3. The maximum absolute atomic E-state index is 13.8. The summed E-state index contributed by atoms with van der Waals surface area (Å²) in [6, 6.07) is 5.69. The number of nitrogens with zero attached hydrogens (tertiary/aromatic N) is 3. The van der Waals surface area contributed by atoms with Gasteiger partial charge in [0, 0.05) is 31.5 Å². The van der Waals surface area contributed by atoms with Crippen molar-refractivity contribution in [1.29, 1.82) is 0 Å². The summed E-state index contributed by atoms with van der Waals surface area (Å²) in [4.78, 5) is 12.2. The van der Waals surface area contributed by atoms with Gasteiger partial charge in [-0.2, -0.15) is 5.10 Å². The lowest BCUT2D eigenvalue weighted by Gasteiger charge is -2.13. The van der Waals surface area contributed by atoms with E-state index in [9.17, 15) is 13.6 Å². The molecule has 120 valence electrons. The molecule has 0 atom stereocenters. The van der Waals surface area contributed by atoms with Crippen LogP contribution in [0.4, 0.5) is 8.78 Å². The first-order valence-corrected chi connectivity index (χ1v) is 7.50. The summed E-state index contributed by atoms with van der Waals surface area (Å²) in [5, 5.41) is 4.18. The Labute approximate surface area is 132 Å². The molecule has 0 bridgehead atoms. The fraction of sp³-hybridized carbons (Fsp3) is 0.294.